The van der Waals surface area contributed by atoms with Crippen LogP contribution in [0.1, 0.15) is 79.0 Å². The number of hydrogen-bond donors (Lipinski definition) is 0. The van der Waals surface area contributed by atoms with Crippen molar-refractivity contribution in [2.24, 2.45) is 0 Å². The van der Waals surface area contributed by atoms with Crippen molar-refractivity contribution in [3.05, 3.63) is 114 Å². The predicted molar refractivity (Wildman–Crippen MR) is 187 cm³/mol. The molecule has 46 heavy (non-hydrogen) atoms. The minimum Gasteiger partial charge on any atom is -0.716 e. The molecule has 0 N–H and O–H groups in total. The molecule has 0 aliphatic carbocycles. The Morgan fingerprint density at radius 3 is 1.00 bits per heavy atom. The minimum atomic E-state index is -4.82. The summed E-state index contributed by atoms with van der Waals surface area (Å²) in [4.78, 5) is 4.14. The number of benzene rings is 4. The molecule has 9 heteroatoms. The van der Waals surface area contributed by atoms with Gasteiger partial charge in [-0.25, -0.2) is 16.8 Å². The highest BCUT2D eigenvalue weighted by atomic mass is 32.3. The molecule has 0 radical (unpaired) electrons. The second-order valence-electron chi connectivity index (χ2n) is 14.4. The van der Waals surface area contributed by atoms with Gasteiger partial charge in [-0.1, -0.05) is 98.7 Å². The van der Waals surface area contributed by atoms with Crippen LogP contribution in [-0.4, -0.2) is 27.6 Å². The Morgan fingerprint density at radius 1 is 0.500 bits per heavy atom. The summed E-state index contributed by atoms with van der Waals surface area (Å²) in [7, 11) is -8.29. The second-order valence-corrected chi connectivity index (χ2v) is 19.4. The van der Waals surface area contributed by atoms with Gasteiger partial charge < -0.3 is 8.74 Å². The zero-order valence-electron chi connectivity index (χ0n) is 28.4. The Bertz CT molecular complexity index is 1670. The highest BCUT2D eigenvalue weighted by Gasteiger charge is 2.30. The fraction of sp³-hybridized carbons (Fsp3) is 0.351. The number of hydrogen-bond acceptors (Lipinski definition) is 6. The first-order valence-corrected chi connectivity index (χ1v) is 19.4. The van der Waals surface area contributed by atoms with Crippen molar-refractivity contribution >= 4 is 31.1 Å². The third kappa shape index (κ3) is 10.7. The van der Waals surface area contributed by atoms with E-state index in [0.29, 0.717) is 0 Å². The van der Waals surface area contributed by atoms with E-state index in [9.17, 15) is 21.4 Å². The van der Waals surface area contributed by atoms with Crippen molar-refractivity contribution in [2.45, 2.75) is 98.1 Å². The van der Waals surface area contributed by atoms with Gasteiger partial charge in [0.25, 0.3) is 10.4 Å². The van der Waals surface area contributed by atoms with Crippen LogP contribution >= 0.6 is 0 Å². The van der Waals surface area contributed by atoms with Crippen molar-refractivity contribution in [2.75, 3.05) is 6.26 Å². The third-order valence-corrected chi connectivity index (χ3v) is 11.1. The lowest BCUT2D eigenvalue weighted by molar-refractivity contribution is 0.372. The quantitative estimate of drug-likeness (QED) is 0.115. The normalized spacial score (nSPS) is 12.8. The molecule has 0 amide bonds. The first-order chi connectivity index (χ1) is 20.9. The Labute approximate surface area is 279 Å². The molecule has 0 aliphatic heterocycles. The van der Waals surface area contributed by atoms with Crippen LogP contribution in [0.15, 0.2) is 117 Å². The molecule has 4 rings (SSSR count). The van der Waals surface area contributed by atoms with Gasteiger partial charge in [0.2, 0.25) is 0 Å². The Morgan fingerprint density at radius 2 is 0.783 bits per heavy atom. The van der Waals surface area contributed by atoms with Gasteiger partial charge in [0.1, 0.15) is 5.75 Å². The number of rotatable bonds is 6. The number of sulfone groups is 1. The summed E-state index contributed by atoms with van der Waals surface area (Å²) < 4.78 is 56.6. The smallest absolute Gasteiger partial charge is 0.262 e. The fourth-order valence-electron chi connectivity index (χ4n) is 4.54. The van der Waals surface area contributed by atoms with Gasteiger partial charge >= 0.3 is 0 Å². The predicted octanol–water partition coefficient (Wildman–Crippen LogP) is 8.60. The van der Waals surface area contributed by atoms with E-state index in [1.54, 1.807) is 0 Å². The summed E-state index contributed by atoms with van der Waals surface area (Å²) in [6, 6.07) is 32.3. The molecule has 0 aromatic heterocycles. The topological polar surface area (TPSA) is 101 Å². The molecular formula is C37H46O6S3. The summed E-state index contributed by atoms with van der Waals surface area (Å²) in [5.74, 6) is -0.225. The standard InChI is InChI=1S/C30H39S.C7H8O6S2/c1-28(2,3)22-10-16-25(17-11-22)31(26-18-12-23(13-19-26)29(4,5)6)27-20-14-24(15-21-27)30(7,8)9;1-14(8,9)7-4-2-6(3-5-7)13-15(10,11)12/h10-21H,1-9H3;2-5H,1H3,(H,10,11,12)/q+1;/p-1. The van der Waals surface area contributed by atoms with Crippen LogP contribution in [0.4, 0.5) is 0 Å². The molecule has 0 heterocycles. The van der Waals surface area contributed by atoms with Crippen molar-refractivity contribution in [3.63, 3.8) is 0 Å². The molecule has 0 fully saturated rings. The third-order valence-electron chi connectivity index (χ3n) is 7.32. The minimum absolute atomic E-state index is 0.0122. The van der Waals surface area contributed by atoms with Gasteiger partial charge in [0, 0.05) is 6.26 Å². The Hall–Kier alpha value is -3.11. The van der Waals surface area contributed by atoms with Crippen LogP contribution in [0.3, 0.4) is 0 Å². The molecule has 4 aromatic rings. The highest BCUT2D eigenvalue weighted by molar-refractivity contribution is 7.97. The monoisotopic (exact) mass is 682 g/mol. The van der Waals surface area contributed by atoms with Crippen LogP contribution in [0.25, 0.3) is 0 Å². The second kappa shape index (κ2) is 13.9. The van der Waals surface area contributed by atoms with E-state index in [0.717, 1.165) is 30.5 Å². The molecule has 0 saturated heterocycles. The lowest BCUT2D eigenvalue weighted by Gasteiger charge is -2.21. The molecule has 0 saturated carbocycles. The zero-order valence-corrected chi connectivity index (χ0v) is 30.9. The van der Waals surface area contributed by atoms with Crippen molar-refractivity contribution in [1.29, 1.82) is 0 Å². The fourth-order valence-corrected chi connectivity index (χ4v) is 7.56. The van der Waals surface area contributed by atoms with Crippen molar-refractivity contribution in [1.82, 2.24) is 0 Å². The molecule has 0 bridgehead atoms. The average molecular weight is 683 g/mol. The van der Waals surface area contributed by atoms with E-state index in [-0.39, 0.29) is 37.8 Å². The summed E-state index contributed by atoms with van der Waals surface area (Å²) >= 11 is 0. The Balaban J connectivity index is 0.000000322. The van der Waals surface area contributed by atoms with E-state index in [1.165, 1.54) is 31.4 Å². The van der Waals surface area contributed by atoms with E-state index in [1.807, 2.05) is 0 Å². The lowest BCUT2D eigenvalue weighted by atomic mass is 9.87. The van der Waals surface area contributed by atoms with E-state index < -0.39 is 20.2 Å². The molecule has 0 spiro atoms. The average Bonchev–Trinajstić information content (AvgIpc) is 2.92. The summed E-state index contributed by atoms with van der Waals surface area (Å²) in [6.45, 7) is 20.5. The van der Waals surface area contributed by atoms with Gasteiger partial charge in [0.15, 0.2) is 24.5 Å². The van der Waals surface area contributed by atoms with Crippen LogP contribution < -0.4 is 4.18 Å². The van der Waals surface area contributed by atoms with Gasteiger partial charge in [0.05, 0.1) is 15.8 Å². The molecule has 248 valence electrons. The van der Waals surface area contributed by atoms with Gasteiger partial charge in [-0.3, -0.25) is 0 Å². The van der Waals surface area contributed by atoms with Crippen molar-refractivity contribution in [3.8, 4) is 5.75 Å². The van der Waals surface area contributed by atoms with Gasteiger partial charge in [-0.2, -0.15) is 0 Å². The lowest BCUT2D eigenvalue weighted by Crippen LogP contribution is -2.13. The molecule has 0 atom stereocenters. The Kier molecular flexibility index (Phi) is 11.3. The summed E-state index contributed by atoms with van der Waals surface area (Å²) in [5.41, 5.74) is 4.64. The van der Waals surface area contributed by atoms with E-state index in [2.05, 4.69) is 139 Å². The van der Waals surface area contributed by atoms with Gasteiger partial charge in [-0.15, -0.1) is 0 Å². The van der Waals surface area contributed by atoms with Crippen LogP contribution in [0.5, 0.6) is 5.75 Å². The first-order valence-electron chi connectivity index (χ1n) is 15.0. The molecular weight excluding hydrogens is 637 g/mol. The molecule has 4 aromatic carbocycles. The van der Waals surface area contributed by atoms with Crippen LogP contribution in [0, 0.1) is 0 Å². The summed E-state index contributed by atoms with van der Waals surface area (Å²) in [5, 5.41) is 0. The van der Waals surface area contributed by atoms with E-state index in [4.69, 9.17) is 0 Å². The molecule has 0 unspecified atom stereocenters. The van der Waals surface area contributed by atoms with Gasteiger partial charge in [-0.05, 0) is 93.6 Å². The zero-order chi connectivity index (χ0) is 34.7. The van der Waals surface area contributed by atoms with Crippen LogP contribution in [0.2, 0.25) is 0 Å². The van der Waals surface area contributed by atoms with Crippen LogP contribution in [-0.2, 0) is 47.4 Å². The molecule has 6 nitrogen and oxygen atoms in total. The maximum Gasteiger partial charge on any atom is 0.262 e. The largest absolute Gasteiger partial charge is 0.716 e. The summed E-state index contributed by atoms with van der Waals surface area (Å²) in [6.07, 6.45) is 1.01. The highest BCUT2D eigenvalue weighted by Crippen LogP contribution is 2.35. The maximum absolute atomic E-state index is 11.0. The van der Waals surface area contributed by atoms with E-state index >= 15 is 0 Å². The van der Waals surface area contributed by atoms with Crippen molar-refractivity contribution < 1.29 is 25.6 Å². The maximum atomic E-state index is 11.0. The molecule has 0 aliphatic rings. The SMILES string of the molecule is CC(C)(C)c1ccc([S+](c2ccc(C(C)(C)C)cc2)c2ccc(C(C)(C)C)cc2)cc1.CS(=O)(=O)c1ccc(OS(=O)(=O)[O-])cc1. The first kappa shape index (κ1) is 37.3.